The molecule has 0 rings (SSSR count). The fraction of sp³-hybridized carbons (Fsp3) is 0.889. The Morgan fingerprint density at radius 3 is 1.20 bits per heavy atom. The van der Waals surface area contributed by atoms with Gasteiger partial charge in [0.15, 0.2) is 0 Å². The molecule has 0 fully saturated rings. The molecule has 30 heavy (non-hydrogen) atoms. The molecule has 0 heterocycles. The SMILES string of the molecule is O=C(CCCCCP(=O)(O)O)OCCCCCCOC(=O)CCCCCP(=O)(O)O. The van der Waals surface area contributed by atoms with Crippen LogP contribution in [-0.4, -0.2) is 57.0 Å². The van der Waals surface area contributed by atoms with Crippen molar-refractivity contribution in [3.63, 3.8) is 0 Å². The predicted molar refractivity (Wildman–Crippen MR) is 111 cm³/mol. The Labute approximate surface area is 178 Å². The Balaban J connectivity index is 3.38. The van der Waals surface area contributed by atoms with E-state index < -0.39 is 15.2 Å². The first-order chi connectivity index (χ1) is 14.0. The molecule has 0 amide bonds. The fourth-order valence-electron chi connectivity index (χ4n) is 2.60. The molecule has 178 valence electrons. The van der Waals surface area contributed by atoms with Gasteiger partial charge in [0.05, 0.1) is 13.2 Å². The number of carbonyl (C=O) groups is 2. The highest BCUT2D eigenvalue weighted by molar-refractivity contribution is 7.52. The van der Waals surface area contributed by atoms with E-state index in [1.54, 1.807) is 0 Å². The largest absolute Gasteiger partial charge is 0.466 e. The second kappa shape index (κ2) is 16.9. The van der Waals surface area contributed by atoms with E-state index in [0.29, 0.717) is 51.7 Å². The van der Waals surface area contributed by atoms with E-state index in [1.165, 1.54) is 0 Å². The second-order valence-electron chi connectivity index (χ2n) is 7.25. The summed E-state index contributed by atoms with van der Waals surface area (Å²) in [6, 6.07) is 0. The van der Waals surface area contributed by atoms with Gasteiger partial charge in [0.2, 0.25) is 0 Å². The van der Waals surface area contributed by atoms with Gasteiger partial charge in [-0.25, -0.2) is 0 Å². The zero-order chi connectivity index (χ0) is 22.9. The van der Waals surface area contributed by atoms with Gasteiger partial charge in [0, 0.05) is 25.2 Å². The number of ether oxygens (including phenoxy) is 2. The highest BCUT2D eigenvalue weighted by atomic mass is 31.2. The molecule has 0 aromatic rings. The van der Waals surface area contributed by atoms with Crippen molar-refractivity contribution in [2.24, 2.45) is 0 Å². The average Bonchev–Trinajstić information content (AvgIpc) is 2.61. The van der Waals surface area contributed by atoms with E-state index in [-0.39, 0.29) is 37.1 Å². The van der Waals surface area contributed by atoms with Crippen molar-refractivity contribution in [3.8, 4) is 0 Å². The first kappa shape index (κ1) is 29.2. The van der Waals surface area contributed by atoms with Crippen LogP contribution in [-0.2, 0) is 28.2 Å². The zero-order valence-corrected chi connectivity index (χ0v) is 19.2. The summed E-state index contributed by atoms with van der Waals surface area (Å²) in [6.07, 6.45) is 6.33. The molecule has 0 atom stereocenters. The van der Waals surface area contributed by atoms with Gasteiger partial charge < -0.3 is 29.0 Å². The van der Waals surface area contributed by atoms with Gasteiger partial charge >= 0.3 is 27.1 Å². The van der Waals surface area contributed by atoms with Crippen LogP contribution in [0.4, 0.5) is 0 Å². The van der Waals surface area contributed by atoms with Crippen molar-refractivity contribution >= 4 is 27.1 Å². The normalized spacial score (nSPS) is 12.0. The van der Waals surface area contributed by atoms with Crippen LogP contribution < -0.4 is 0 Å². The Hall–Kier alpha value is -0.760. The van der Waals surface area contributed by atoms with Crippen LogP contribution >= 0.6 is 15.2 Å². The van der Waals surface area contributed by atoms with Gasteiger partial charge in [-0.05, 0) is 51.4 Å². The summed E-state index contributed by atoms with van der Waals surface area (Å²) in [5.41, 5.74) is 0. The maximum atomic E-state index is 11.5. The molecular weight excluding hydrogens is 438 g/mol. The highest BCUT2D eigenvalue weighted by Gasteiger charge is 2.12. The molecule has 0 unspecified atom stereocenters. The average molecular weight is 474 g/mol. The Kier molecular flexibility index (Phi) is 16.4. The van der Waals surface area contributed by atoms with Gasteiger partial charge in [-0.15, -0.1) is 0 Å². The van der Waals surface area contributed by atoms with E-state index in [4.69, 9.17) is 29.0 Å². The minimum Gasteiger partial charge on any atom is -0.466 e. The smallest absolute Gasteiger partial charge is 0.325 e. The molecular formula is C18H36O10P2. The maximum Gasteiger partial charge on any atom is 0.325 e. The van der Waals surface area contributed by atoms with Crippen molar-refractivity contribution in [2.45, 2.75) is 77.0 Å². The third-order valence-electron chi connectivity index (χ3n) is 4.23. The van der Waals surface area contributed by atoms with Gasteiger partial charge in [0.25, 0.3) is 0 Å². The van der Waals surface area contributed by atoms with Gasteiger partial charge in [-0.1, -0.05) is 12.8 Å². The molecule has 0 spiro atoms. The first-order valence-electron chi connectivity index (χ1n) is 10.4. The van der Waals surface area contributed by atoms with E-state index >= 15 is 0 Å². The van der Waals surface area contributed by atoms with Crippen molar-refractivity contribution in [1.82, 2.24) is 0 Å². The topological polar surface area (TPSA) is 168 Å². The standard InChI is InChI=1S/C18H36O10P2/c19-17(11-5-3-9-15-29(21,22)23)27-13-7-1-2-8-14-28-18(20)12-6-4-10-16-30(24,25)26/h1-16H2,(H2,21,22,23)(H2,24,25,26). The van der Waals surface area contributed by atoms with Crippen LogP contribution in [0, 0.1) is 0 Å². The minimum atomic E-state index is -3.95. The summed E-state index contributed by atoms with van der Waals surface area (Å²) in [6.45, 7) is 0.658. The summed E-state index contributed by atoms with van der Waals surface area (Å²) in [5.74, 6) is -0.609. The predicted octanol–water partition coefficient (Wildman–Crippen LogP) is 3.11. The summed E-state index contributed by atoms with van der Waals surface area (Å²) in [5, 5.41) is 0. The van der Waals surface area contributed by atoms with E-state index in [9.17, 15) is 18.7 Å². The van der Waals surface area contributed by atoms with Crippen LogP contribution in [0.2, 0.25) is 0 Å². The van der Waals surface area contributed by atoms with E-state index in [2.05, 4.69) is 0 Å². The number of esters is 2. The van der Waals surface area contributed by atoms with Gasteiger partial charge in [-0.3, -0.25) is 18.7 Å². The summed E-state index contributed by atoms with van der Waals surface area (Å²) in [4.78, 5) is 57.9. The molecule has 4 N–H and O–H groups in total. The summed E-state index contributed by atoms with van der Waals surface area (Å²) < 4.78 is 31.5. The minimum absolute atomic E-state index is 0.156. The van der Waals surface area contributed by atoms with Crippen LogP contribution in [0.5, 0.6) is 0 Å². The molecule has 0 aliphatic carbocycles. The molecule has 0 aliphatic heterocycles. The lowest BCUT2D eigenvalue weighted by Gasteiger charge is -2.07. The number of hydrogen-bond acceptors (Lipinski definition) is 6. The van der Waals surface area contributed by atoms with Crippen molar-refractivity contribution < 1.29 is 47.8 Å². The van der Waals surface area contributed by atoms with Crippen LogP contribution in [0.15, 0.2) is 0 Å². The highest BCUT2D eigenvalue weighted by Crippen LogP contribution is 2.36. The van der Waals surface area contributed by atoms with Crippen molar-refractivity contribution in [3.05, 3.63) is 0 Å². The molecule has 0 aromatic carbocycles. The Morgan fingerprint density at radius 2 is 0.867 bits per heavy atom. The third kappa shape index (κ3) is 23.5. The Bertz CT molecular complexity index is 519. The van der Waals surface area contributed by atoms with E-state index in [0.717, 1.165) is 25.7 Å². The Morgan fingerprint density at radius 1 is 0.533 bits per heavy atom. The molecule has 0 radical (unpaired) electrons. The summed E-state index contributed by atoms with van der Waals surface area (Å²) >= 11 is 0. The molecule has 0 saturated carbocycles. The molecule has 0 saturated heterocycles. The third-order valence-corrected chi connectivity index (χ3v) is 6.02. The molecule has 0 bridgehead atoms. The molecule has 12 heteroatoms. The molecule has 0 aromatic heterocycles. The lowest BCUT2D eigenvalue weighted by Crippen LogP contribution is -2.07. The first-order valence-corrected chi connectivity index (χ1v) is 14.0. The monoisotopic (exact) mass is 474 g/mol. The second-order valence-corrected chi connectivity index (χ2v) is 10.8. The van der Waals surface area contributed by atoms with Gasteiger partial charge in [-0.2, -0.15) is 0 Å². The quantitative estimate of drug-likeness (QED) is 0.124. The van der Waals surface area contributed by atoms with Crippen LogP contribution in [0.1, 0.15) is 77.0 Å². The molecule has 0 aliphatic rings. The lowest BCUT2D eigenvalue weighted by atomic mass is 10.2. The number of carbonyl (C=O) groups excluding carboxylic acids is 2. The number of rotatable bonds is 19. The summed E-state index contributed by atoms with van der Waals surface area (Å²) in [7, 11) is -7.90. The lowest BCUT2D eigenvalue weighted by molar-refractivity contribution is -0.145. The number of unbranched alkanes of at least 4 members (excludes halogenated alkanes) is 7. The van der Waals surface area contributed by atoms with Crippen molar-refractivity contribution in [2.75, 3.05) is 25.5 Å². The number of hydrogen-bond donors (Lipinski definition) is 4. The van der Waals surface area contributed by atoms with Crippen LogP contribution in [0.3, 0.4) is 0 Å². The zero-order valence-electron chi connectivity index (χ0n) is 17.4. The van der Waals surface area contributed by atoms with Gasteiger partial charge in [0.1, 0.15) is 0 Å². The fourth-order valence-corrected chi connectivity index (χ4v) is 3.87. The van der Waals surface area contributed by atoms with Crippen LogP contribution in [0.25, 0.3) is 0 Å². The molecule has 10 nitrogen and oxygen atoms in total. The van der Waals surface area contributed by atoms with Crippen molar-refractivity contribution in [1.29, 1.82) is 0 Å². The maximum absolute atomic E-state index is 11.5. The van der Waals surface area contributed by atoms with E-state index in [1.807, 2.05) is 0 Å².